The quantitative estimate of drug-likeness (QED) is 0.607. The summed E-state index contributed by atoms with van der Waals surface area (Å²) in [5.74, 6) is -1.51. The van der Waals surface area contributed by atoms with E-state index < -0.39 is 17.7 Å². The number of anilines is 1. The number of nitrogens with one attached hydrogen (secondary N) is 1. The summed E-state index contributed by atoms with van der Waals surface area (Å²) in [7, 11) is 0. The molecule has 19 heavy (non-hydrogen) atoms. The molecule has 0 saturated carbocycles. The zero-order valence-corrected chi connectivity index (χ0v) is 10.1. The lowest BCUT2D eigenvalue weighted by Gasteiger charge is -2.27. The van der Waals surface area contributed by atoms with E-state index in [0.29, 0.717) is 37.7 Å². The number of nitrogens with zero attached hydrogens (tertiary/aromatic N) is 2. The van der Waals surface area contributed by atoms with Gasteiger partial charge in [-0.25, -0.2) is 13.6 Å². The fourth-order valence-electron chi connectivity index (χ4n) is 1.85. The van der Waals surface area contributed by atoms with Crippen molar-refractivity contribution in [1.29, 1.82) is 0 Å². The van der Waals surface area contributed by atoms with Gasteiger partial charge in [-0.05, 0) is 12.1 Å². The highest BCUT2D eigenvalue weighted by molar-refractivity contribution is 5.92. The normalized spacial score (nSPS) is 15.3. The Morgan fingerprint density at radius 2 is 2.00 bits per heavy atom. The molecule has 0 aromatic heterocycles. The summed E-state index contributed by atoms with van der Waals surface area (Å²) in [6.45, 7) is 0.794. The van der Waals surface area contributed by atoms with Crippen LogP contribution in [0.25, 0.3) is 0 Å². The Hall–Kier alpha value is -2.18. The van der Waals surface area contributed by atoms with E-state index in [1.54, 1.807) is 0 Å². The molecule has 1 heterocycles. The predicted octanol–water partition coefficient (Wildman–Crippen LogP) is 2.42. The topological polar surface area (TPSA) is 64.9 Å². The highest BCUT2D eigenvalue weighted by Crippen LogP contribution is 2.16. The second-order valence-electron chi connectivity index (χ2n) is 4.21. The van der Waals surface area contributed by atoms with Crippen LogP contribution in [0, 0.1) is 11.6 Å². The lowest BCUT2D eigenvalue weighted by atomic mass is 10.1. The summed E-state index contributed by atoms with van der Waals surface area (Å²) in [6, 6.07) is 2.50. The molecular weight excluding hydrogens is 256 g/mol. The number of hydrogen-bond acceptors (Lipinski definition) is 3. The average molecular weight is 269 g/mol. The van der Waals surface area contributed by atoms with E-state index in [1.807, 2.05) is 0 Å². The summed E-state index contributed by atoms with van der Waals surface area (Å²) in [4.78, 5) is 13.3. The van der Waals surface area contributed by atoms with Gasteiger partial charge >= 0.3 is 6.03 Å². The minimum atomic E-state index is -0.817. The minimum Gasteiger partial charge on any atom is -0.411 e. The van der Waals surface area contributed by atoms with Gasteiger partial charge in [0.05, 0.1) is 11.4 Å². The maximum Gasteiger partial charge on any atom is 0.321 e. The van der Waals surface area contributed by atoms with E-state index in [4.69, 9.17) is 5.21 Å². The van der Waals surface area contributed by atoms with E-state index in [9.17, 15) is 13.6 Å². The molecule has 102 valence electrons. The minimum absolute atomic E-state index is 0.0620. The Labute approximate surface area is 108 Å². The Bertz CT molecular complexity index is 510. The molecule has 5 nitrogen and oxygen atoms in total. The average Bonchev–Trinajstić information content (AvgIpc) is 2.42. The smallest absolute Gasteiger partial charge is 0.321 e. The first-order valence-corrected chi connectivity index (χ1v) is 5.81. The van der Waals surface area contributed by atoms with E-state index in [2.05, 4.69) is 10.5 Å². The third-order valence-electron chi connectivity index (χ3n) is 2.94. The molecule has 2 N–H and O–H groups in total. The van der Waals surface area contributed by atoms with Gasteiger partial charge in [0.15, 0.2) is 0 Å². The molecule has 2 rings (SSSR count). The number of carbonyl (C=O) groups excluding carboxylic acids is 1. The third kappa shape index (κ3) is 3.18. The lowest BCUT2D eigenvalue weighted by molar-refractivity contribution is 0.210. The number of urea groups is 1. The van der Waals surface area contributed by atoms with Crippen LogP contribution in [0.2, 0.25) is 0 Å². The molecule has 1 aliphatic rings. The van der Waals surface area contributed by atoms with Gasteiger partial charge in [-0.15, -0.1) is 0 Å². The molecule has 2 amide bonds. The van der Waals surface area contributed by atoms with E-state index >= 15 is 0 Å². The second-order valence-corrected chi connectivity index (χ2v) is 4.21. The van der Waals surface area contributed by atoms with Crippen LogP contribution >= 0.6 is 0 Å². The number of piperidine rings is 1. The van der Waals surface area contributed by atoms with Gasteiger partial charge in [0.2, 0.25) is 0 Å². The van der Waals surface area contributed by atoms with Gasteiger partial charge in [0.25, 0.3) is 0 Å². The Balaban J connectivity index is 1.98. The van der Waals surface area contributed by atoms with Gasteiger partial charge < -0.3 is 15.4 Å². The number of benzene rings is 1. The van der Waals surface area contributed by atoms with Crippen LogP contribution in [0.15, 0.2) is 23.4 Å². The Morgan fingerprint density at radius 3 is 2.58 bits per heavy atom. The van der Waals surface area contributed by atoms with Crippen molar-refractivity contribution in [3.8, 4) is 0 Å². The standard InChI is InChI=1S/C12H13F2N3O2/c13-8-1-2-11(10(14)7-8)15-12(18)17-5-3-9(16-19)4-6-17/h1-2,7,19H,3-6H2,(H,15,18). The summed E-state index contributed by atoms with van der Waals surface area (Å²) >= 11 is 0. The van der Waals surface area contributed by atoms with Crippen molar-refractivity contribution in [2.45, 2.75) is 12.8 Å². The van der Waals surface area contributed by atoms with E-state index in [1.165, 1.54) is 11.0 Å². The number of oxime groups is 1. The van der Waals surface area contributed by atoms with Crippen molar-refractivity contribution in [1.82, 2.24) is 4.90 Å². The molecule has 1 aromatic rings. The van der Waals surface area contributed by atoms with E-state index in [0.717, 1.165) is 6.07 Å². The van der Waals surface area contributed by atoms with Gasteiger partial charge in [-0.3, -0.25) is 0 Å². The number of hydrogen-bond donors (Lipinski definition) is 2. The molecule has 1 aliphatic heterocycles. The summed E-state index contributed by atoms with van der Waals surface area (Å²) in [5, 5.41) is 14.1. The van der Waals surface area contributed by atoms with Crippen LogP contribution in [-0.4, -0.2) is 34.9 Å². The molecule has 1 fully saturated rings. The molecule has 0 unspecified atom stereocenters. The van der Waals surface area contributed by atoms with Gasteiger partial charge in [0, 0.05) is 32.0 Å². The SMILES string of the molecule is O=C(Nc1ccc(F)cc1F)N1CCC(=NO)CC1. The second kappa shape index (κ2) is 5.64. The van der Waals surface area contributed by atoms with Crippen molar-refractivity contribution in [2.24, 2.45) is 5.16 Å². The zero-order valence-electron chi connectivity index (χ0n) is 10.1. The van der Waals surface area contributed by atoms with E-state index in [-0.39, 0.29) is 5.69 Å². The van der Waals surface area contributed by atoms with Crippen LogP contribution in [-0.2, 0) is 0 Å². The first-order valence-electron chi connectivity index (χ1n) is 5.81. The van der Waals surface area contributed by atoms with Crippen molar-refractivity contribution < 1.29 is 18.8 Å². The lowest BCUT2D eigenvalue weighted by Crippen LogP contribution is -2.41. The van der Waals surface area contributed by atoms with Gasteiger partial charge in [-0.1, -0.05) is 5.16 Å². The number of rotatable bonds is 1. The van der Waals surface area contributed by atoms with Crippen LogP contribution in [0.3, 0.4) is 0 Å². The molecule has 0 radical (unpaired) electrons. The predicted molar refractivity (Wildman–Crippen MR) is 65.4 cm³/mol. The highest BCUT2D eigenvalue weighted by atomic mass is 19.1. The van der Waals surface area contributed by atoms with Crippen molar-refractivity contribution >= 4 is 17.4 Å². The maximum absolute atomic E-state index is 13.4. The molecule has 1 aromatic carbocycles. The zero-order chi connectivity index (χ0) is 13.8. The highest BCUT2D eigenvalue weighted by Gasteiger charge is 2.20. The monoisotopic (exact) mass is 269 g/mol. The van der Waals surface area contributed by atoms with Crippen molar-refractivity contribution in [3.63, 3.8) is 0 Å². The largest absolute Gasteiger partial charge is 0.411 e. The summed E-state index contributed by atoms with van der Waals surface area (Å²) < 4.78 is 26.1. The van der Waals surface area contributed by atoms with Gasteiger partial charge in [0.1, 0.15) is 11.6 Å². The number of carbonyl (C=O) groups is 1. The number of halogens is 2. The molecule has 0 spiro atoms. The van der Waals surface area contributed by atoms with Crippen LogP contribution in [0.4, 0.5) is 19.3 Å². The van der Waals surface area contributed by atoms with Crippen LogP contribution in [0.5, 0.6) is 0 Å². The van der Waals surface area contributed by atoms with Crippen LogP contribution in [0.1, 0.15) is 12.8 Å². The van der Waals surface area contributed by atoms with Crippen molar-refractivity contribution in [3.05, 3.63) is 29.8 Å². The molecule has 0 aliphatic carbocycles. The summed E-state index contributed by atoms with van der Waals surface area (Å²) in [5.41, 5.74) is 0.574. The molecule has 0 atom stereocenters. The molecule has 7 heteroatoms. The van der Waals surface area contributed by atoms with Crippen molar-refractivity contribution in [2.75, 3.05) is 18.4 Å². The fraction of sp³-hybridized carbons (Fsp3) is 0.333. The summed E-state index contributed by atoms with van der Waals surface area (Å²) in [6.07, 6.45) is 0.964. The Morgan fingerprint density at radius 1 is 1.32 bits per heavy atom. The maximum atomic E-state index is 13.4. The number of likely N-dealkylation sites (tertiary alicyclic amines) is 1. The first kappa shape index (κ1) is 13.3. The number of amides is 2. The Kier molecular flexibility index (Phi) is 3.94. The molecule has 1 saturated heterocycles. The fourth-order valence-corrected chi connectivity index (χ4v) is 1.85. The van der Waals surface area contributed by atoms with Gasteiger partial charge in [-0.2, -0.15) is 0 Å². The molecule has 0 bridgehead atoms. The first-order chi connectivity index (χ1) is 9.10. The third-order valence-corrected chi connectivity index (χ3v) is 2.94. The molecular formula is C12H13F2N3O2. The van der Waals surface area contributed by atoms with Crippen LogP contribution < -0.4 is 5.32 Å².